The quantitative estimate of drug-likeness (QED) is 0.206. The van der Waals surface area contributed by atoms with Crippen LogP contribution in [-0.4, -0.2) is 24.2 Å². The molecule has 0 saturated heterocycles. The summed E-state index contributed by atoms with van der Waals surface area (Å²) in [5, 5.41) is 16.8. The number of rotatable bonds is 0. The first-order valence-corrected chi connectivity index (χ1v) is 1.11. The largest absolute Gasteiger partial charge is 0.307 e. The van der Waals surface area contributed by atoms with Crippen LogP contribution in [0.3, 0.4) is 0 Å². The van der Waals surface area contributed by atoms with E-state index in [1.54, 1.807) is 0 Å². The van der Waals surface area contributed by atoms with Gasteiger partial charge in [0.2, 0.25) is 0 Å². The molecule has 0 aliphatic rings. The number of hydrogen-bond donors (Lipinski definition) is 2. The van der Waals surface area contributed by atoms with Crippen molar-refractivity contribution in [3.05, 3.63) is 20.2 Å². The molecule has 0 amide bonds. The van der Waals surface area contributed by atoms with Gasteiger partial charge in [-0.25, -0.2) is 0 Å². The van der Waals surface area contributed by atoms with Gasteiger partial charge in [0.15, 0.2) is 17.4 Å². The maximum atomic E-state index is 8.12. The maximum absolute atomic E-state index is 8.12. The van der Waals surface area contributed by atoms with Crippen LogP contribution in [0, 0.1) is 20.2 Å². The highest BCUT2D eigenvalue weighted by Crippen LogP contribution is 0.621. The van der Waals surface area contributed by atoms with E-state index in [0.717, 1.165) is 0 Å². The first-order valence-electron chi connectivity index (χ1n) is 1.11. The van der Waals surface area contributed by atoms with Gasteiger partial charge in [0, 0.05) is 10.7 Å². The van der Waals surface area contributed by atoms with Crippen LogP contribution >= 0.6 is 0 Å². The van der Waals surface area contributed by atoms with Gasteiger partial charge in [-0.3, -0.25) is 20.2 Å². The van der Waals surface area contributed by atoms with Crippen LogP contribution in [-0.2, 0) is 4.79 Å². The first kappa shape index (κ1) is 24.5. The zero-order chi connectivity index (χ0) is 7.41. The number of carbonyl (C=O) groups is 1. The molecule has 0 aliphatic carbocycles. The van der Waals surface area contributed by atoms with Crippen molar-refractivity contribution in [2.45, 2.75) is 0 Å². The van der Waals surface area contributed by atoms with Crippen LogP contribution in [0.25, 0.3) is 0 Å². The number of nitrogens with one attached hydrogen (secondary N) is 2. The molecule has 0 saturated carbocycles. The van der Waals surface area contributed by atoms with Gasteiger partial charge in [-0.15, -0.1) is 0 Å². The second-order valence-electron chi connectivity index (χ2n) is 0.167. The Hall–Kier alpha value is -0.998. The lowest BCUT2D eigenvalue weighted by molar-refractivity contribution is -0.399. The van der Waals surface area contributed by atoms with Crippen LogP contribution in [0.4, 0.5) is 0 Å². The fraction of sp³-hybridized carbons (Fsp3) is 0. The fourth-order valence-corrected chi connectivity index (χ4v) is 0. The molecule has 7 nitrogen and oxygen atoms in total. The van der Waals surface area contributed by atoms with Gasteiger partial charge in [0.05, 0.1) is 0 Å². The molecule has 0 aromatic heterocycles. The molecule has 54 valence electrons. The minimum Gasteiger partial charge on any atom is -0.307 e. The average molecular weight is 154 g/mol. The molecular weight excluding hydrogens is 147 g/mol. The van der Waals surface area contributed by atoms with Gasteiger partial charge in [-0.05, 0) is 0 Å². The van der Waals surface area contributed by atoms with Crippen molar-refractivity contribution in [1.82, 2.24) is 0 Å². The Morgan fingerprint density at radius 1 is 1.00 bits per heavy atom. The van der Waals surface area contributed by atoms with E-state index in [9.17, 15) is 0 Å². The summed E-state index contributed by atoms with van der Waals surface area (Å²) in [7, 11) is 0. The lowest BCUT2D eigenvalue weighted by Gasteiger charge is -1.36. The molecule has 0 rings (SSSR count). The highest BCUT2D eigenvalue weighted by molar-refractivity contribution is 5.75. The molecule has 2 N–H and O–H groups in total. The Morgan fingerprint density at radius 3 is 1.00 bits per heavy atom. The molecule has 0 aliphatic heterocycles. The Labute approximate surface area is 60.7 Å². The van der Waals surface area contributed by atoms with Crippen molar-refractivity contribution < 1.29 is 15.5 Å². The molecule has 0 heterocycles. The summed E-state index contributed by atoms with van der Waals surface area (Å²) < 4.78 is 0. The molecule has 0 atom stereocenters. The summed E-state index contributed by atoms with van der Waals surface area (Å²) in [6, 6.07) is 0. The Morgan fingerprint density at radius 2 is 1.00 bits per heavy atom. The zero-order valence-electron chi connectivity index (χ0n) is 3.75. The third-order valence-corrected chi connectivity index (χ3v) is 0. The van der Waals surface area contributed by atoms with Gasteiger partial charge < -0.3 is 4.79 Å². The summed E-state index contributed by atoms with van der Waals surface area (Å²) in [5.41, 5.74) is 0. The molecule has 0 bridgehead atoms. The summed E-state index contributed by atoms with van der Waals surface area (Å²) in [6.45, 7) is 2.00. The summed E-state index contributed by atoms with van der Waals surface area (Å²) >= 11 is 0. The lowest BCUT2D eigenvalue weighted by atomic mass is 11.9. The number of hydrogen-bond acceptors (Lipinski definition) is 5. The molecule has 9 heavy (non-hydrogen) atoms. The molecular formula is CH7AlN2O5. The minimum atomic E-state index is 0. The van der Waals surface area contributed by atoms with Crippen molar-refractivity contribution in [2.24, 2.45) is 0 Å². The third-order valence-electron chi connectivity index (χ3n) is 0. The molecule has 0 radical (unpaired) electrons. The lowest BCUT2D eigenvalue weighted by Crippen LogP contribution is -2.53. The van der Waals surface area contributed by atoms with Gasteiger partial charge in [0.25, 0.3) is 0 Å². The Bertz CT molecular complexity index is 44.2. The SMILES string of the molecule is C=O.O=[NH+][O-].O=[NH+][O-].[AlH3]. The molecule has 0 spiro atoms. The average Bonchev–Trinajstić information content (AvgIpc) is 1.75. The monoisotopic (exact) mass is 154 g/mol. The highest BCUT2D eigenvalue weighted by atomic mass is 27.0. The van der Waals surface area contributed by atoms with E-state index < -0.39 is 0 Å². The summed E-state index contributed by atoms with van der Waals surface area (Å²) in [4.78, 5) is 24.2. The van der Waals surface area contributed by atoms with E-state index in [4.69, 9.17) is 25.0 Å². The van der Waals surface area contributed by atoms with E-state index in [1.165, 1.54) is 0 Å². The molecule has 0 fully saturated rings. The van der Waals surface area contributed by atoms with Crippen LogP contribution < -0.4 is 10.7 Å². The van der Waals surface area contributed by atoms with Crippen LogP contribution in [0.2, 0.25) is 0 Å². The maximum Gasteiger partial charge on any atom is 0.187 e. The Balaban J connectivity index is -0.0000000202. The predicted octanol–water partition coefficient (Wildman–Crippen LogP) is -4.71. The van der Waals surface area contributed by atoms with Crippen molar-refractivity contribution >= 4 is 24.2 Å². The van der Waals surface area contributed by atoms with Crippen molar-refractivity contribution in [2.75, 3.05) is 0 Å². The van der Waals surface area contributed by atoms with E-state index in [1.807, 2.05) is 6.79 Å². The molecule has 0 aromatic carbocycles. The third kappa shape index (κ3) is 176. The van der Waals surface area contributed by atoms with Crippen LogP contribution in [0.1, 0.15) is 0 Å². The zero-order valence-corrected chi connectivity index (χ0v) is 3.75. The van der Waals surface area contributed by atoms with Gasteiger partial charge in [-0.2, -0.15) is 0 Å². The van der Waals surface area contributed by atoms with Gasteiger partial charge >= 0.3 is 0 Å². The standard InChI is InChI=1S/CH2O.Al.2HNO2.3H/c1-2;;2*2-1-3;;;/h1H2;;2*1H;;;. The summed E-state index contributed by atoms with van der Waals surface area (Å²) in [6.07, 6.45) is 0. The van der Waals surface area contributed by atoms with E-state index in [0.29, 0.717) is 0 Å². The van der Waals surface area contributed by atoms with Crippen molar-refractivity contribution in [3.8, 4) is 0 Å². The minimum absolute atomic E-state index is 0. The van der Waals surface area contributed by atoms with Gasteiger partial charge in [0.1, 0.15) is 6.79 Å². The second kappa shape index (κ2) is 251. The fourth-order valence-electron chi connectivity index (χ4n) is 0. The van der Waals surface area contributed by atoms with Crippen molar-refractivity contribution in [1.29, 1.82) is 0 Å². The van der Waals surface area contributed by atoms with E-state index >= 15 is 0 Å². The van der Waals surface area contributed by atoms with Crippen LogP contribution in [0.5, 0.6) is 0 Å². The van der Waals surface area contributed by atoms with Crippen molar-refractivity contribution in [3.63, 3.8) is 0 Å². The van der Waals surface area contributed by atoms with Gasteiger partial charge in [-0.1, -0.05) is 0 Å². The second-order valence-corrected chi connectivity index (χ2v) is 0.167. The topological polar surface area (TPSA) is 125 Å². The van der Waals surface area contributed by atoms with Crippen LogP contribution in [0.15, 0.2) is 0 Å². The first-order chi connectivity index (χ1) is 3.83. The Kier molecular flexibility index (Phi) is 683. The molecule has 0 unspecified atom stereocenters. The number of carbonyl (C=O) groups excluding carboxylic acids is 1. The normalized spacial score (nSPS) is 3.11. The molecule has 8 heteroatoms. The predicted molar refractivity (Wildman–Crippen MR) is 32.5 cm³/mol. The highest BCUT2D eigenvalue weighted by Gasteiger charge is 1.10. The smallest absolute Gasteiger partial charge is 0.187 e. The molecule has 0 aromatic rings. The summed E-state index contributed by atoms with van der Waals surface area (Å²) in [5.74, 6) is 0. The van der Waals surface area contributed by atoms with E-state index in [-0.39, 0.29) is 28.0 Å². The van der Waals surface area contributed by atoms with E-state index in [2.05, 4.69) is 0 Å².